The summed E-state index contributed by atoms with van der Waals surface area (Å²) in [5.41, 5.74) is 14.9. The normalized spacial score (nSPS) is 13.7. The zero-order valence-corrected chi connectivity index (χ0v) is 15.0. The second-order valence-electron chi connectivity index (χ2n) is 6.91. The summed E-state index contributed by atoms with van der Waals surface area (Å²) in [5.74, 6) is 0. The second kappa shape index (κ2) is 7.02. The molecule has 0 radical (unpaired) electrons. The molecule has 1 aliphatic rings. The van der Waals surface area contributed by atoms with Crippen molar-refractivity contribution in [2.75, 3.05) is 6.54 Å². The van der Waals surface area contributed by atoms with Crippen LogP contribution >= 0.6 is 0 Å². The molecular formula is C23H26N2. The Morgan fingerprint density at radius 2 is 1.68 bits per heavy atom. The lowest BCUT2D eigenvalue weighted by Gasteiger charge is -2.34. The number of benzene rings is 2. The van der Waals surface area contributed by atoms with Gasteiger partial charge in [-0.1, -0.05) is 67.8 Å². The maximum Gasteiger partial charge on any atom is 0.0617 e. The van der Waals surface area contributed by atoms with E-state index in [9.17, 15) is 0 Å². The molecule has 0 amide bonds. The van der Waals surface area contributed by atoms with Gasteiger partial charge in [0, 0.05) is 29.1 Å². The molecule has 2 aromatic rings. The average molecular weight is 330 g/mol. The van der Waals surface area contributed by atoms with Crippen LogP contribution in [-0.2, 0) is 19.3 Å². The Hall–Kier alpha value is -2.74. The Labute approximate surface area is 151 Å². The largest absolute Gasteiger partial charge is 0.401 e. The fourth-order valence-electron chi connectivity index (χ4n) is 3.34. The zero-order valence-electron chi connectivity index (χ0n) is 15.0. The monoisotopic (exact) mass is 330 g/mol. The van der Waals surface area contributed by atoms with Crippen molar-refractivity contribution in [1.29, 1.82) is 0 Å². The highest BCUT2D eigenvalue weighted by Crippen LogP contribution is 2.33. The first kappa shape index (κ1) is 17.1. The third kappa shape index (κ3) is 3.85. The fourth-order valence-corrected chi connectivity index (χ4v) is 3.34. The van der Waals surface area contributed by atoms with Gasteiger partial charge in [0.2, 0.25) is 0 Å². The van der Waals surface area contributed by atoms with Crippen LogP contribution in [0.2, 0.25) is 0 Å². The maximum atomic E-state index is 5.78. The number of nitrogens with two attached hydrogens (primary N) is 1. The topological polar surface area (TPSA) is 29.3 Å². The minimum atomic E-state index is 0.576. The van der Waals surface area contributed by atoms with E-state index in [0.717, 1.165) is 30.7 Å². The van der Waals surface area contributed by atoms with Gasteiger partial charge in [-0.05, 0) is 36.5 Å². The minimum absolute atomic E-state index is 0.576. The molecule has 0 saturated carbocycles. The number of rotatable bonds is 5. The van der Waals surface area contributed by atoms with Gasteiger partial charge in [-0.2, -0.15) is 0 Å². The molecule has 0 aliphatic carbocycles. The molecule has 0 unspecified atom stereocenters. The molecule has 0 spiro atoms. The summed E-state index contributed by atoms with van der Waals surface area (Å²) >= 11 is 0. The van der Waals surface area contributed by atoms with E-state index in [-0.39, 0.29) is 0 Å². The standard InChI is InChI=1S/C23H26N2/c1-16-5-7-20(8-6-16)9-10-21-11-12-23-19(4)25(15-17(2)24)18(3)13-22(23)14-21/h5-8,11-12,14H,2-4,9-10,13,15,24H2,1H3. The number of fused-ring (bicyclic) bond motifs is 1. The first-order valence-corrected chi connectivity index (χ1v) is 8.69. The van der Waals surface area contributed by atoms with Crippen LogP contribution in [0.25, 0.3) is 5.70 Å². The highest BCUT2D eigenvalue weighted by Gasteiger charge is 2.22. The van der Waals surface area contributed by atoms with Gasteiger partial charge in [0.15, 0.2) is 0 Å². The highest BCUT2D eigenvalue weighted by atomic mass is 15.2. The summed E-state index contributed by atoms with van der Waals surface area (Å²) in [6.45, 7) is 14.9. The predicted octanol–water partition coefficient (Wildman–Crippen LogP) is 4.60. The molecule has 2 heteroatoms. The quantitative estimate of drug-likeness (QED) is 0.868. The van der Waals surface area contributed by atoms with Gasteiger partial charge in [0.05, 0.1) is 6.54 Å². The molecule has 0 bridgehead atoms. The molecule has 2 nitrogen and oxygen atoms in total. The third-order valence-corrected chi connectivity index (χ3v) is 4.77. The van der Waals surface area contributed by atoms with Crippen molar-refractivity contribution in [2.45, 2.75) is 26.2 Å². The van der Waals surface area contributed by atoms with Gasteiger partial charge in [-0.25, -0.2) is 0 Å². The summed E-state index contributed by atoms with van der Waals surface area (Å²) < 4.78 is 0. The summed E-state index contributed by atoms with van der Waals surface area (Å²) in [5, 5.41) is 0. The van der Waals surface area contributed by atoms with Gasteiger partial charge < -0.3 is 10.6 Å². The van der Waals surface area contributed by atoms with Crippen molar-refractivity contribution < 1.29 is 0 Å². The van der Waals surface area contributed by atoms with Crippen LogP contribution in [0.5, 0.6) is 0 Å². The molecule has 0 atom stereocenters. The van der Waals surface area contributed by atoms with E-state index in [1.54, 1.807) is 0 Å². The Balaban J connectivity index is 1.75. The van der Waals surface area contributed by atoms with E-state index in [0.29, 0.717) is 12.2 Å². The number of allylic oxidation sites excluding steroid dienone is 1. The molecule has 0 aromatic heterocycles. The van der Waals surface area contributed by atoms with Crippen LogP contribution in [0.3, 0.4) is 0 Å². The van der Waals surface area contributed by atoms with Gasteiger partial charge in [-0.3, -0.25) is 0 Å². The lowest BCUT2D eigenvalue weighted by Crippen LogP contribution is -2.30. The van der Waals surface area contributed by atoms with Crippen molar-refractivity contribution in [1.82, 2.24) is 4.90 Å². The zero-order chi connectivity index (χ0) is 18.0. The highest BCUT2D eigenvalue weighted by molar-refractivity contribution is 5.70. The van der Waals surface area contributed by atoms with Gasteiger partial charge >= 0.3 is 0 Å². The Kier molecular flexibility index (Phi) is 4.80. The molecular weight excluding hydrogens is 304 g/mol. The maximum absolute atomic E-state index is 5.78. The number of hydrogen-bond acceptors (Lipinski definition) is 2. The molecule has 2 aromatic carbocycles. The van der Waals surface area contributed by atoms with Crippen LogP contribution in [0.1, 0.15) is 27.8 Å². The predicted molar refractivity (Wildman–Crippen MR) is 107 cm³/mol. The fraction of sp³-hybridized carbons (Fsp3) is 0.217. The van der Waals surface area contributed by atoms with E-state index in [1.807, 2.05) is 0 Å². The van der Waals surface area contributed by atoms with Crippen molar-refractivity contribution in [3.8, 4) is 0 Å². The lowest BCUT2D eigenvalue weighted by atomic mass is 9.91. The van der Waals surface area contributed by atoms with Crippen LogP contribution in [0.4, 0.5) is 0 Å². The first-order valence-electron chi connectivity index (χ1n) is 8.69. The Morgan fingerprint density at radius 1 is 1.04 bits per heavy atom. The summed E-state index contributed by atoms with van der Waals surface area (Å²) in [6, 6.07) is 15.5. The Bertz CT molecular complexity index is 828. The summed E-state index contributed by atoms with van der Waals surface area (Å²) in [4.78, 5) is 2.07. The summed E-state index contributed by atoms with van der Waals surface area (Å²) in [7, 11) is 0. The van der Waals surface area contributed by atoms with Gasteiger partial charge in [-0.15, -0.1) is 0 Å². The van der Waals surface area contributed by atoms with E-state index in [2.05, 4.69) is 74.0 Å². The van der Waals surface area contributed by atoms with Crippen molar-refractivity contribution in [3.05, 3.63) is 101 Å². The smallest absolute Gasteiger partial charge is 0.0617 e. The van der Waals surface area contributed by atoms with Crippen LogP contribution in [-0.4, -0.2) is 11.4 Å². The molecule has 3 rings (SSSR count). The third-order valence-electron chi connectivity index (χ3n) is 4.77. The van der Waals surface area contributed by atoms with Crippen molar-refractivity contribution in [2.24, 2.45) is 5.73 Å². The van der Waals surface area contributed by atoms with E-state index >= 15 is 0 Å². The van der Waals surface area contributed by atoms with E-state index in [1.165, 1.54) is 27.8 Å². The number of aryl methyl sites for hydroxylation is 3. The van der Waals surface area contributed by atoms with Crippen molar-refractivity contribution in [3.63, 3.8) is 0 Å². The van der Waals surface area contributed by atoms with Gasteiger partial charge in [0.25, 0.3) is 0 Å². The second-order valence-corrected chi connectivity index (χ2v) is 6.91. The minimum Gasteiger partial charge on any atom is -0.401 e. The first-order chi connectivity index (χ1) is 11.9. The van der Waals surface area contributed by atoms with Crippen molar-refractivity contribution >= 4 is 5.70 Å². The summed E-state index contributed by atoms with van der Waals surface area (Å²) in [6.07, 6.45) is 2.93. The van der Waals surface area contributed by atoms with Crippen LogP contribution in [0.15, 0.2) is 73.6 Å². The Morgan fingerprint density at radius 3 is 2.36 bits per heavy atom. The average Bonchev–Trinajstić information content (AvgIpc) is 2.57. The molecule has 2 N–H and O–H groups in total. The van der Waals surface area contributed by atoms with E-state index < -0.39 is 0 Å². The molecule has 1 aliphatic heterocycles. The lowest BCUT2D eigenvalue weighted by molar-refractivity contribution is 0.504. The van der Waals surface area contributed by atoms with Crippen LogP contribution in [0, 0.1) is 6.92 Å². The molecule has 128 valence electrons. The molecule has 0 saturated heterocycles. The SMILES string of the molecule is C=C(N)CN1C(=C)Cc2cc(CCc3ccc(C)cc3)ccc2C1=C. The number of hydrogen-bond donors (Lipinski definition) is 1. The van der Waals surface area contributed by atoms with Gasteiger partial charge in [0.1, 0.15) is 0 Å². The van der Waals surface area contributed by atoms with Crippen LogP contribution < -0.4 is 5.73 Å². The molecule has 0 fully saturated rings. The van der Waals surface area contributed by atoms with E-state index in [4.69, 9.17) is 5.73 Å². The molecule has 25 heavy (non-hydrogen) atoms. The molecule has 1 heterocycles. The number of nitrogens with zero attached hydrogens (tertiary/aromatic N) is 1.